The van der Waals surface area contributed by atoms with E-state index in [-0.39, 0.29) is 18.9 Å². The van der Waals surface area contributed by atoms with Gasteiger partial charge in [0.2, 0.25) is 15.0 Å². The molecule has 3 rings (SSSR count). The molecule has 0 saturated carbocycles. The van der Waals surface area contributed by atoms with E-state index in [1.54, 1.807) is 6.20 Å². The maximum atomic E-state index is 11.8. The second-order valence-corrected chi connectivity index (χ2v) is 7.71. The zero-order valence-electron chi connectivity index (χ0n) is 10.4. The Bertz CT molecular complexity index is 771. The van der Waals surface area contributed by atoms with E-state index in [0.29, 0.717) is 6.54 Å². The molecule has 1 fully saturated rings. The van der Waals surface area contributed by atoms with Crippen LogP contribution in [0.1, 0.15) is 12.0 Å². The predicted molar refractivity (Wildman–Crippen MR) is 73.8 cm³/mol. The van der Waals surface area contributed by atoms with Crippen molar-refractivity contribution in [1.82, 2.24) is 14.3 Å². The molecule has 106 valence electrons. The number of imidazole rings is 1. The van der Waals surface area contributed by atoms with E-state index in [0.717, 1.165) is 11.2 Å². The van der Waals surface area contributed by atoms with Crippen LogP contribution in [0.5, 0.6) is 0 Å². The lowest BCUT2D eigenvalue weighted by atomic mass is 10.2. The van der Waals surface area contributed by atoms with Crippen LogP contribution in [0.15, 0.2) is 30.7 Å². The van der Waals surface area contributed by atoms with Gasteiger partial charge >= 0.3 is 0 Å². The molecule has 0 aliphatic carbocycles. The monoisotopic (exact) mass is 313 g/mol. The van der Waals surface area contributed by atoms with Gasteiger partial charge in [0, 0.05) is 48.8 Å². The number of amides is 1. The number of carbonyl (C=O) groups is 1. The van der Waals surface area contributed by atoms with Crippen molar-refractivity contribution < 1.29 is 13.2 Å². The van der Waals surface area contributed by atoms with Gasteiger partial charge in [-0.05, 0) is 11.6 Å². The Morgan fingerprint density at radius 3 is 2.90 bits per heavy atom. The number of aromatic nitrogens is 2. The lowest BCUT2D eigenvalue weighted by Crippen LogP contribution is -2.26. The lowest BCUT2D eigenvalue weighted by Gasteiger charge is -2.16. The van der Waals surface area contributed by atoms with E-state index in [9.17, 15) is 13.2 Å². The number of carbonyl (C=O) groups excluding carboxylic acids is 1. The Morgan fingerprint density at radius 1 is 1.40 bits per heavy atom. The number of rotatable bonds is 3. The molecule has 1 saturated heterocycles. The van der Waals surface area contributed by atoms with Gasteiger partial charge in [0.05, 0.1) is 0 Å². The second kappa shape index (κ2) is 4.75. The van der Waals surface area contributed by atoms with Gasteiger partial charge in [0.15, 0.2) is 0 Å². The van der Waals surface area contributed by atoms with Crippen LogP contribution in [-0.4, -0.2) is 40.4 Å². The van der Waals surface area contributed by atoms with E-state index >= 15 is 0 Å². The van der Waals surface area contributed by atoms with Gasteiger partial charge in [-0.25, -0.2) is 13.4 Å². The third-order valence-electron chi connectivity index (χ3n) is 3.40. The number of likely N-dealkylation sites (tertiary alicyclic amines) is 1. The van der Waals surface area contributed by atoms with Gasteiger partial charge in [0.1, 0.15) is 10.9 Å². The van der Waals surface area contributed by atoms with Gasteiger partial charge in [-0.15, -0.1) is 0 Å². The van der Waals surface area contributed by atoms with Crippen LogP contribution in [0.2, 0.25) is 0 Å². The summed E-state index contributed by atoms with van der Waals surface area (Å²) < 4.78 is 24.4. The van der Waals surface area contributed by atoms with E-state index in [4.69, 9.17) is 10.7 Å². The summed E-state index contributed by atoms with van der Waals surface area (Å²) in [5, 5.41) is -0.811. The van der Waals surface area contributed by atoms with Gasteiger partial charge in [0.25, 0.3) is 0 Å². The fraction of sp³-hybridized carbons (Fsp3) is 0.333. The van der Waals surface area contributed by atoms with Crippen LogP contribution in [0, 0.1) is 0 Å². The minimum Gasteiger partial charge on any atom is -0.337 e. The molecule has 1 atom stereocenters. The van der Waals surface area contributed by atoms with Crippen molar-refractivity contribution in [2.75, 3.05) is 6.54 Å². The maximum Gasteiger partial charge on any atom is 0.237 e. The first-order chi connectivity index (χ1) is 9.43. The van der Waals surface area contributed by atoms with Crippen molar-refractivity contribution >= 4 is 31.3 Å². The second-order valence-electron chi connectivity index (χ2n) is 4.81. The van der Waals surface area contributed by atoms with E-state index in [1.807, 2.05) is 28.9 Å². The highest BCUT2D eigenvalue weighted by molar-refractivity contribution is 8.14. The van der Waals surface area contributed by atoms with Crippen LogP contribution in [0.4, 0.5) is 0 Å². The van der Waals surface area contributed by atoms with Gasteiger partial charge in [-0.1, -0.05) is 6.07 Å². The predicted octanol–water partition coefficient (Wildman–Crippen LogP) is 1.00. The average Bonchev–Trinajstić information content (AvgIpc) is 2.95. The number of hydrogen-bond donors (Lipinski definition) is 0. The summed E-state index contributed by atoms with van der Waals surface area (Å²) >= 11 is 0. The lowest BCUT2D eigenvalue weighted by molar-refractivity contribution is -0.128. The zero-order valence-corrected chi connectivity index (χ0v) is 12.0. The molecule has 8 heteroatoms. The normalized spacial score (nSPS) is 19.9. The summed E-state index contributed by atoms with van der Waals surface area (Å²) in [5.74, 6) is -0.190. The van der Waals surface area contributed by atoms with Gasteiger partial charge < -0.3 is 9.30 Å². The third-order valence-corrected chi connectivity index (χ3v) is 5.27. The number of pyridine rings is 1. The molecule has 0 bridgehead atoms. The van der Waals surface area contributed by atoms with Crippen molar-refractivity contribution in [2.45, 2.75) is 18.2 Å². The summed E-state index contributed by atoms with van der Waals surface area (Å²) in [7, 11) is 1.63. The molecule has 1 amide bonds. The van der Waals surface area contributed by atoms with Gasteiger partial charge in [-0.2, -0.15) is 0 Å². The largest absolute Gasteiger partial charge is 0.337 e. The van der Waals surface area contributed by atoms with Crippen LogP contribution in [0.25, 0.3) is 5.65 Å². The van der Waals surface area contributed by atoms with Crippen molar-refractivity contribution in [1.29, 1.82) is 0 Å². The molecular weight excluding hydrogens is 302 g/mol. The molecule has 2 aromatic heterocycles. The molecule has 20 heavy (non-hydrogen) atoms. The van der Waals surface area contributed by atoms with Crippen molar-refractivity contribution in [3.8, 4) is 0 Å². The molecule has 6 nitrogen and oxygen atoms in total. The highest BCUT2D eigenvalue weighted by atomic mass is 35.7. The van der Waals surface area contributed by atoms with Crippen molar-refractivity contribution in [3.63, 3.8) is 0 Å². The molecule has 1 aliphatic heterocycles. The fourth-order valence-electron chi connectivity index (χ4n) is 2.36. The third kappa shape index (κ3) is 2.51. The molecule has 1 aliphatic rings. The number of halogens is 1. The van der Waals surface area contributed by atoms with Crippen LogP contribution in [-0.2, 0) is 20.4 Å². The fourth-order valence-corrected chi connectivity index (χ4v) is 3.42. The average molecular weight is 314 g/mol. The van der Waals surface area contributed by atoms with E-state index in [2.05, 4.69) is 4.98 Å². The topological polar surface area (TPSA) is 71.8 Å². The first-order valence-corrected chi connectivity index (χ1v) is 8.43. The van der Waals surface area contributed by atoms with Gasteiger partial charge in [-0.3, -0.25) is 4.79 Å². The molecule has 0 N–H and O–H groups in total. The van der Waals surface area contributed by atoms with E-state index in [1.165, 1.54) is 4.90 Å². The Hall–Kier alpha value is -1.60. The Labute approximate surface area is 120 Å². The van der Waals surface area contributed by atoms with Crippen molar-refractivity contribution in [2.24, 2.45) is 0 Å². The van der Waals surface area contributed by atoms with E-state index < -0.39 is 14.3 Å². The quantitative estimate of drug-likeness (QED) is 0.793. The number of hydrogen-bond acceptors (Lipinski definition) is 4. The molecule has 2 aromatic rings. The first kappa shape index (κ1) is 13.4. The highest BCUT2D eigenvalue weighted by Crippen LogP contribution is 2.23. The molecule has 1 unspecified atom stereocenters. The minimum atomic E-state index is -3.69. The summed E-state index contributed by atoms with van der Waals surface area (Å²) in [5.41, 5.74) is 1.74. The summed E-state index contributed by atoms with van der Waals surface area (Å²) in [6.45, 7) is 0.516. The molecular formula is C12H12ClN3O3S. The Morgan fingerprint density at radius 2 is 2.20 bits per heavy atom. The van der Waals surface area contributed by atoms with Crippen molar-refractivity contribution in [3.05, 3.63) is 36.3 Å². The van der Waals surface area contributed by atoms with Crippen LogP contribution < -0.4 is 0 Å². The standard InChI is InChI=1S/C12H12ClN3O3S/c13-20(18,19)10-5-12(17)16(8-10)7-9-1-2-11-14-3-4-15(11)6-9/h1-4,6,10H,5,7-8H2. The smallest absolute Gasteiger partial charge is 0.237 e. The molecule has 0 aromatic carbocycles. The number of fused-ring (bicyclic) bond motifs is 1. The Kier molecular flexibility index (Phi) is 3.18. The van der Waals surface area contributed by atoms with Crippen LogP contribution >= 0.6 is 10.7 Å². The summed E-state index contributed by atoms with van der Waals surface area (Å²) in [4.78, 5) is 17.5. The summed E-state index contributed by atoms with van der Waals surface area (Å²) in [6, 6.07) is 3.73. The first-order valence-electron chi connectivity index (χ1n) is 6.06. The maximum absolute atomic E-state index is 11.8. The number of nitrogens with zero attached hydrogens (tertiary/aromatic N) is 3. The highest BCUT2D eigenvalue weighted by Gasteiger charge is 2.37. The SMILES string of the molecule is O=C1CC(S(=O)(=O)Cl)CN1Cc1ccc2nccn2c1. The Balaban J connectivity index is 1.79. The van der Waals surface area contributed by atoms with Crippen LogP contribution in [0.3, 0.4) is 0 Å². The molecule has 0 spiro atoms. The summed E-state index contributed by atoms with van der Waals surface area (Å²) in [6.07, 6.45) is 5.34. The molecule has 3 heterocycles. The minimum absolute atomic E-state index is 0.0425. The zero-order chi connectivity index (χ0) is 14.3. The molecule has 0 radical (unpaired) electrons.